The average Bonchev–Trinajstić information content (AvgIpc) is 2.94. The van der Waals surface area contributed by atoms with Crippen LogP contribution in [0.1, 0.15) is 28.9 Å². The number of carbonyl (C=O) groups is 1. The summed E-state index contributed by atoms with van der Waals surface area (Å²) in [6.45, 7) is 4.26. The monoisotopic (exact) mass is 332 g/mol. The third-order valence-electron chi connectivity index (χ3n) is 4.15. The summed E-state index contributed by atoms with van der Waals surface area (Å²) in [6.07, 6.45) is 4.15. The molecule has 0 saturated carbocycles. The quantitative estimate of drug-likeness (QED) is 0.886. The molecule has 0 aromatic carbocycles. The lowest BCUT2D eigenvalue weighted by Gasteiger charge is -2.37. The number of fused-ring (bicyclic) bond motifs is 1. The van der Waals surface area contributed by atoms with E-state index in [-0.39, 0.29) is 30.7 Å². The first-order valence-corrected chi connectivity index (χ1v) is 6.96. The van der Waals surface area contributed by atoms with Crippen molar-refractivity contribution in [1.82, 2.24) is 14.8 Å². The Bertz CT molecular complexity index is 486. The molecule has 1 aromatic rings. The summed E-state index contributed by atoms with van der Waals surface area (Å²) in [6, 6.07) is 4.15. The van der Waals surface area contributed by atoms with E-state index < -0.39 is 0 Å². The van der Waals surface area contributed by atoms with Gasteiger partial charge in [-0.2, -0.15) is 0 Å². The maximum atomic E-state index is 12.5. The molecule has 2 N–H and O–H groups in total. The summed E-state index contributed by atoms with van der Waals surface area (Å²) in [4.78, 5) is 21.1. The fraction of sp³-hybridized carbons (Fsp3) is 0.571. The number of carbonyl (C=O) groups excluding carboxylic acids is 1. The van der Waals surface area contributed by atoms with E-state index in [4.69, 9.17) is 5.73 Å². The number of halogens is 2. The molecule has 2 saturated heterocycles. The Balaban J connectivity index is 0.00000110. The van der Waals surface area contributed by atoms with Gasteiger partial charge in [0.15, 0.2) is 0 Å². The summed E-state index contributed by atoms with van der Waals surface area (Å²) in [5.74, 6) is 0.114. The molecule has 3 heterocycles. The van der Waals surface area contributed by atoms with E-state index in [1.165, 1.54) is 19.4 Å². The average molecular weight is 333 g/mol. The van der Waals surface area contributed by atoms with Crippen molar-refractivity contribution in [2.45, 2.75) is 25.4 Å². The Kier molecular flexibility index (Phi) is 6.87. The van der Waals surface area contributed by atoms with Crippen LogP contribution >= 0.6 is 24.8 Å². The molecule has 7 heteroatoms. The Morgan fingerprint density at radius 3 is 2.90 bits per heavy atom. The zero-order valence-electron chi connectivity index (χ0n) is 11.9. The van der Waals surface area contributed by atoms with E-state index in [0.717, 1.165) is 25.3 Å². The number of piperazine rings is 1. The van der Waals surface area contributed by atoms with Gasteiger partial charge >= 0.3 is 0 Å². The van der Waals surface area contributed by atoms with Gasteiger partial charge in [-0.3, -0.25) is 14.7 Å². The van der Waals surface area contributed by atoms with E-state index in [0.29, 0.717) is 18.2 Å². The van der Waals surface area contributed by atoms with Crippen LogP contribution in [0, 0.1) is 0 Å². The molecule has 2 fully saturated rings. The highest BCUT2D eigenvalue weighted by Gasteiger charge is 2.32. The van der Waals surface area contributed by atoms with Crippen LogP contribution in [0.2, 0.25) is 0 Å². The van der Waals surface area contributed by atoms with E-state index in [2.05, 4.69) is 9.88 Å². The van der Waals surface area contributed by atoms with Crippen molar-refractivity contribution in [2.75, 3.05) is 26.2 Å². The number of nitrogens with two attached hydrogens (primary N) is 1. The molecule has 1 amide bonds. The second-order valence-corrected chi connectivity index (χ2v) is 5.32. The molecular formula is C14H22Cl2N4O. The summed E-state index contributed by atoms with van der Waals surface area (Å²) < 4.78 is 0. The van der Waals surface area contributed by atoms with Crippen molar-refractivity contribution >= 4 is 30.7 Å². The van der Waals surface area contributed by atoms with Crippen molar-refractivity contribution < 1.29 is 4.79 Å². The molecule has 3 rings (SSSR count). The molecule has 2 aliphatic heterocycles. The van der Waals surface area contributed by atoms with Crippen molar-refractivity contribution in [3.8, 4) is 0 Å². The van der Waals surface area contributed by atoms with Gasteiger partial charge in [0, 0.05) is 44.0 Å². The van der Waals surface area contributed by atoms with Gasteiger partial charge in [0.05, 0.1) is 5.69 Å². The van der Waals surface area contributed by atoms with Crippen molar-refractivity contribution in [2.24, 2.45) is 5.73 Å². The zero-order valence-corrected chi connectivity index (χ0v) is 13.5. The standard InChI is InChI=1S/C14H20N4O.2ClH/c15-9-12-8-11(3-4-16-12)14(19)18-7-6-17-5-1-2-13(17)10-18;;/h3-4,8,13H,1-2,5-7,9-10,15H2;2*1H. The Morgan fingerprint density at radius 1 is 1.33 bits per heavy atom. The van der Waals surface area contributed by atoms with Gasteiger partial charge in [-0.25, -0.2) is 0 Å². The van der Waals surface area contributed by atoms with Gasteiger partial charge in [0.1, 0.15) is 0 Å². The molecule has 21 heavy (non-hydrogen) atoms. The summed E-state index contributed by atoms with van der Waals surface area (Å²) in [5, 5.41) is 0. The normalized spacial score (nSPS) is 21.2. The van der Waals surface area contributed by atoms with Crippen LogP contribution in [-0.4, -0.2) is 52.9 Å². The van der Waals surface area contributed by atoms with Gasteiger partial charge < -0.3 is 10.6 Å². The molecule has 5 nitrogen and oxygen atoms in total. The molecule has 1 atom stereocenters. The number of nitrogens with zero attached hydrogens (tertiary/aromatic N) is 3. The minimum atomic E-state index is 0. The zero-order chi connectivity index (χ0) is 13.2. The Hall–Kier alpha value is -0.880. The Labute approximate surface area is 137 Å². The van der Waals surface area contributed by atoms with Crippen molar-refractivity contribution in [3.63, 3.8) is 0 Å². The minimum Gasteiger partial charge on any atom is -0.336 e. The molecule has 2 aliphatic rings. The molecule has 0 aliphatic carbocycles. The summed E-state index contributed by atoms with van der Waals surface area (Å²) in [5.41, 5.74) is 7.05. The Morgan fingerprint density at radius 2 is 2.14 bits per heavy atom. The molecular weight excluding hydrogens is 311 g/mol. The highest BCUT2D eigenvalue weighted by atomic mass is 35.5. The second-order valence-electron chi connectivity index (χ2n) is 5.32. The van der Waals surface area contributed by atoms with Crippen LogP contribution in [-0.2, 0) is 6.54 Å². The lowest BCUT2D eigenvalue weighted by molar-refractivity contribution is 0.0571. The summed E-state index contributed by atoms with van der Waals surface area (Å²) >= 11 is 0. The molecule has 1 aromatic heterocycles. The highest BCUT2D eigenvalue weighted by Crippen LogP contribution is 2.22. The molecule has 0 radical (unpaired) electrons. The van der Waals surface area contributed by atoms with Crippen LogP contribution < -0.4 is 5.73 Å². The molecule has 0 bridgehead atoms. The van der Waals surface area contributed by atoms with Crippen LogP contribution in [0.3, 0.4) is 0 Å². The maximum absolute atomic E-state index is 12.5. The van der Waals surface area contributed by atoms with Gasteiger partial charge in [-0.15, -0.1) is 24.8 Å². The van der Waals surface area contributed by atoms with E-state index >= 15 is 0 Å². The largest absolute Gasteiger partial charge is 0.336 e. The van der Waals surface area contributed by atoms with Gasteiger partial charge in [-0.1, -0.05) is 0 Å². The highest BCUT2D eigenvalue weighted by molar-refractivity contribution is 5.94. The van der Waals surface area contributed by atoms with Crippen LogP contribution in [0.25, 0.3) is 0 Å². The number of hydrogen-bond donors (Lipinski definition) is 1. The molecule has 0 spiro atoms. The van der Waals surface area contributed by atoms with Crippen LogP contribution in [0.5, 0.6) is 0 Å². The smallest absolute Gasteiger partial charge is 0.254 e. The van der Waals surface area contributed by atoms with Crippen molar-refractivity contribution in [1.29, 1.82) is 0 Å². The molecule has 118 valence electrons. The van der Waals surface area contributed by atoms with Gasteiger partial charge in [-0.05, 0) is 31.5 Å². The van der Waals surface area contributed by atoms with E-state index in [1.807, 2.05) is 11.0 Å². The molecule has 1 unspecified atom stereocenters. The third kappa shape index (κ3) is 3.86. The first-order valence-electron chi connectivity index (χ1n) is 6.96. The first-order chi connectivity index (χ1) is 9.28. The van der Waals surface area contributed by atoms with Gasteiger partial charge in [0.25, 0.3) is 5.91 Å². The number of pyridine rings is 1. The summed E-state index contributed by atoms with van der Waals surface area (Å²) in [7, 11) is 0. The number of rotatable bonds is 2. The second kappa shape index (κ2) is 7.94. The van der Waals surface area contributed by atoms with E-state index in [1.54, 1.807) is 12.3 Å². The fourth-order valence-corrected chi connectivity index (χ4v) is 3.08. The van der Waals surface area contributed by atoms with Crippen LogP contribution in [0.4, 0.5) is 0 Å². The van der Waals surface area contributed by atoms with Crippen molar-refractivity contribution in [3.05, 3.63) is 29.6 Å². The van der Waals surface area contributed by atoms with E-state index in [9.17, 15) is 4.79 Å². The SMILES string of the molecule is Cl.Cl.NCc1cc(C(=O)N2CCN3CCCC3C2)ccn1. The topological polar surface area (TPSA) is 62.5 Å². The maximum Gasteiger partial charge on any atom is 0.254 e. The third-order valence-corrected chi connectivity index (χ3v) is 4.15. The lowest BCUT2D eigenvalue weighted by Crippen LogP contribution is -2.52. The number of hydrogen-bond acceptors (Lipinski definition) is 4. The first kappa shape index (κ1) is 18.2. The number of amides is 1. The fourth-order valence-electron chi connectivity index (χ4n) is 3.08. The predicted octanol–water partition coefficient (Wildman–Crippen LogP) is 1.30. The van der Waals surface area contributed by atoms with Gasteiger partial charge in [0.2, 0.25) is 0 Å². The lowest BCUT2D eigenvalue weighted by atomic mass is 10.1. The van der Waals surface area contributed by atoms with Crippen LogP contribution in [0.15, 0.2) is 18.3 Å². The number of aromatic nitrogens is 1. The predicted molar refractivity (Wildman–Crippen MR) is 87.1 cm³/mol. The minimum absolute atomic E-state index is 0.